The Morgan fingerprint density at radius 1 is 1.35 bits per heavy atom. The van der Waals surface area contributed by atoms with Crippen molar-refractivity contribution < 1.29 is 4.79 Å². The average molecular weight is 350 g/mol. The Kier molecular flexibility index (Phi) is 4.46. The molecule has 0 radical (unpaired) electrons. The van der Waals surface area contributed by atoms with Crippen LogP contribution in [0, 0.1) is 6.92 Å². The summed E-state index contributed by atoms with van der Waals surface area (Å²) in [6.45, 7) is 1.88. The highest BCUT2D eigenvalue weighted by Crippen LogP contribution is 2.22. The van der Waals surface area contributed by atoms with E-state index in [1.54, 1.807) is 24.4 Å². The first-order valence-corrected chi connectivity index (χ1v) is 7.00. The van der Waals surface area contributed by atoms with Crippen LogP contribution in [0.4, 0.5) is 5.69 Å². The number of amides is 1. The third kappa shape index (κ3) is 3.40. The number of pyridine rings is 1. The molecule has 0 atom stereocenters. The predicted octanol–water partition coefficient (Wildman–Crippen LogP) is 3.04. The molecule has 6 heteroatoms. The maximum absolute atomic E-state index is 12.2. The molecule has 20 heavy (non-hydrogen) atoms. The van der Waals surface area contributed by atoms with Gasteiger partial charge in [0, 0.05) is 22.4 Å². The van der Waals surface area contributed by atoms with Gasteiger partial charge in [-0.15, -0.1) is 0 Å². The highest BCUT2D eigenvalue weighted by Gasteiger charge is 2.11. The fourth-order valence-electron chi connectivity index (χ4n) is 1.71. The van der Waals surface area contributed by atoms with Crippen LogP contribution < -0.4 is 11.1 Å². The maximum atomic E-state index is 12.2. The Hall–Kier alpha value is -1.79. The molecular formula is C14H12BrN3OS. The van der Waals surface area contributed by atoms with Crippen molar-refractivity contribution >= 4 is 44.7 Å². The fraction of sp³-hybridized carbons (Fsp3) is 0.0714. The second kappa shape index (κ2) is 6.11. The largest absolute Gasteiger partial charge is 0.389 e. The van der Waals surface area contributed by atoms with Gasteiger partial charge >= 0.3 is 0 Å². The molecule has 2 rings (SSSR count). The number of nitrogens with one attached hydrogen (secondary N) is 1. The number of anilines is 1. The number of halogens is 1. The summed E-state index contributed by atoms with van der Waals surface area (Å²) in [6, 6.07) is 7.10. The molecule has 1 heterocycles. The minimum Gasteiger partial charge on any atom is -0.389 e. The predicted molar refractivity (Wildman–Crippen MR) is 87.0 cm³/mol. The SMILES string of the molecule is Cc1cncc(C(=O)Nc2cc(Br)ccc2C(N)=S)c1. The number of nitrogens with two attached hydrogens (primary N) is 1. The van der Waals surface area contributed by atoms with E-state index in [2.05, 4.69) is 26.2 Å². The van der Waals surface area contributed by atoms with Crippen molar-refractivity contribution in [1.29, 1.82) is 0 Å². The average Bonchev–Trinajstić information content (AvgIpc) is 2.38. The highest BCUT2D eigenvalue weighted by atomic mass is 79.9. The topological polar surface area (TPSA) is 68.0 Å². The van der Waals surface area contributed by atoms with Crippen LogP contribution in [0.5, 0.6) is 0 Å². The summed E-state index contributed by atoms with van der Waals surface area (Å²) in [5, 5.41) is 2.80. The van der Waals surface area contributed by atoms with Gasteiger partial charge in [-0.3, -0.25) is 9.78 Å². The lowest BCUT2D eigenvalue weighted by molar-refractivity contribution is 0.102. The van der Waals surface area contributed by atoms with E-state index in [9.17, 15) is 4.79 Å². The highest BCUT2D eigenvalue weighted by molar-refractivity contribution is 9.10. The molecule has 2 aromatic rings. The molecule has 0 bridgehead atoms. The summed E-state index contributed by atoms with van der Waals surface area (Å²) in [5.41, 5.74) is 8.25. The molecule has 1 amide bonds. The van der Waals surface area contributed by atoms with Crippen LogP contribution in [0.3, 0.4) is 0 Å². The fourth-order valence-corrected chi connectivity index (χ4v) is 2.25. The normalized spacial score (nSPS) is 10.1. The second-order valence-corrected chi connectivity index (χ2v) is 5.61. The van der Waals surface area contributed by atoms with E-state index in [0.29, 0.717) is 16.8 Å². The van der Waals surface area contributed by atoms with E-state index in [0.717, 1.165) is 10.0 Å². The summed E-state index contributed by atoms with van der Waals surface area (Å²) >= 11 is 8.34. The number of thiocarbonyl (C=S) groups is 1. The van der Waals surface area contributed by atoms with E-state index >= 15 is 0 Å². The van der Waals surface area contributed by atoms with E-state index in [1.165, 1.54) is 6.20 Å². The lowest BCUT2D eigenvalue weighted by atomic mass is 10.1. The van der Waals surface area contributed by atoms with Crippen molar-refractivity contribution in [2.24, 2.45) is 5.73 Å². The molecule has 102 valence electrons. The van der Waals surface area contributed by atoms with Crippen molar-refractivity contribution in [1.82, 2.24) is 4.98 Å². The number of benzene rings is 1. The molecule has 0 unspecified atom stereocenters. The van der Waals surface area contributed by atoms with Gasteiger partial charge in [0.2, 0.25) is 0 Å². The summed E-state index contributed by atoms with van der Waals surface area (Å²) in [6.07, 6.45) is 3.21. The second-order valence-electron chi connectivity index (χ2n) is 4.26. The molecule has 3 N–H and O–H groups in total. The number of nitrogens with zero attached hydrogens (tertiary/aromatic N) is 1. The molecule has 0 spiro atoms. The van der Waals surface area contributed by atoms with Gasteiger partial charge in [0.25, 0.3) is 5.91 Å². The molecule has 0 aliphatic rings. The minimum absolute atomic E-state index is 0.232. The number of aromatic nitrogens is 1. The van der Waals surface area contributed by atoms with Crippen LogP contribution in [0.25, 0.3) is 0 Å². The standard InChI is InChI=1S/C14H12BrN3OS/c1-8-4-9(7-17-6-8)14(19)18-12-5-10(15)2-3-11(12)13(16)20/h2-7H,1H3,(H2,16,20)(H,18,19). The van der Waals surface area contributed by atoms with E-state index in [1.807, 2.05) is 13.0 Å². The molecule has 0 fully saturated rings. The maximum Gasteiger partial charge on any atom is 0.257 e. The molecule has 0 saturated carbocycles. The van der Waals surface area contributed by atoms with Crippen molar-refractivity contribution in [2.75, 3.05) is 5.32 Å². The van der Waals surface area contributed by atoms with Crippen LogP contribution in [0.2, 0.25) is 0 Å². The summed E-state index contributed by atoms with van der Waals surface area (Å²) in [5.74, 6) is -0.253. The molecule has 1 aromatic heterocycles. The van der Waals surface area contributed by atoms with Crippen LogP contribution in [0.15, 0.2) is 41.1 Å². The minimum atomic E-state index is -0.253. The first kappa shape index (κ1) is 14.6. The zero-order valence-electron chi connectivity index (χ0n) is 10.7. The van der Waals surface area contributed by atoms with Gasteiger partial charge < -0.3 is 11.1 Å². The van der Waals surface area contributed by atoms with Gasteiger partial charge in [-0.25, -0.2) is 0 Å². The molecule has 4 nitrogen and oxygen atoms in total. The van der Waals surface area contributed by atoms with Crippen LogP contribution >= 0.6 is 28.1 Å². The molecule has 0 aliphatic heterocycles. The van der Waals surface area contributed by atoms with E-state index in [-0.39, 0.29) is 10.9 Å². The zero-order valence-corrected chi connectivity index (χ0v) is 13.1. The lowest BCUT2D eigenvalue weighted by Crippen LogP contribution is -2.17. The summed E-state index contributed by atoms with van der Waals surface area (Å²) in [7, 11) is 0. The molecular weight excluding hydrogens is 338 g/mol. The van der Waals surface area contributed by atoms with Gasteiger partial charge in [0.15, 0.2) is 0 Å². The number of hydrogen-bond donors (Lipinski definition) is 2. The number of aryl methyl sites for hydroxylation is 1. The Morgan fingerprint density at radius 2 is 2.10 bits per heavy atom. The third-order valence-corrected chi connectivity index (χ3v) is 3.35. The van der Waals surface area contributed by atoms with Gasteiger partial charge in [0.1, 0.15) is 4.99 Å². The molecule has 0 saturated heterocycles. The first-order valence-electron chi connectivity index (χ1n) is 5.80. The Labute approximate surface area is 130 Å². The molecule has 1 aromatic carbocycles. The van der Waals surface area contributed by atoms with E-state index < -0.39 is 0 Å². The van der Waals surface area contributed by atoms with Gasteiger partial charge in [-0.2, -0.15) is 0 Å². The van der Waals surface area contributed by atoms with Crippen LogP contribution in [-0.2, 0) is 0 Å². The van der Waals surface area contributed by atoms with E-state index in [4.69, 9.17) is 18.0 Å². The third-order valence-electron chi connectivity index (χ3n) is 2.63. The quantitative estimate of drug-likeness (QED) is 0.835. The summed E-state index contributed by atoms with van der Waals surface area (Å²) in [4.78, 5) is 16.4. The van der Waals surface area contributed by atoms with Crippen LogP contribution in [-0.4, -0.2) is 15.9 Å². The Balaban J connectivity index is 2.32. The van der Waals surface area contributed by atoms with Crippen molar-refractivity contribution in [3.63, 3.8) is 0 Å². The number of rotatable bonds is 3. The summed E-state index contributed by atoms with van der Waals surface area (Å²) < 4.78 is 0.829. The van der Waals surface area contributed by atoms with Crippen molar-refractivity contribution in [3.05, 3.63) is 57.8 Å². The monoisotopic (exact) mass is 349 g/mol. The van der Waals surface area contributed by atoms with Crippen LogP contribution in [0.1, 0.15) is 21.5 Å². The number of carbonyl (C=O) groups excluding carboxylic acids is 1. The Morgan fingerprint density at radius 3 is 2.75 bits per heavy atom. The lowest BCUT2D eigenvalue weighted by Gasteiger charge is -2.11. The molecule has 0 aliphatic carbocycles. The number of hydrogen-bond acceptors (Lipinski definition) is 3. The van der Waals surface area contributed by atoms with Gasteiger partial charge in [-0.1, -0.05) is 28.1 Å². The van der Waals surface area contributed by atoms with Gasteiger partial charge in [-0.05, 0) is 36.8 Å². The zero-order chi connectivity index (χ0) is 14.7. The number of carbonyl (C=O) groups is 1. The van der Waals surface area contributed by atoms with Gasteiger partial charge in [0.05, 0.1) is 11.3 Å². The Bertz CT molecular complexity index is 688. The first-order chi connectivity index (χ1) is 9.47. The van der Waals surface area contributed by atoms with Crippen molar-refractivity contribution in [2.45, 2.75) is 6.92 Å². The smallest absolute Gasteiger partial charge is 0.257 e. The van der Waals surface area contributed by atoms with Crippen molar-refractivity contribution in [3.8, 4) is 0 Å².